The van der Waals surface area contributed by atoms with Gasteiger partial charge in [-0.05, 0) is 23.3 Å². The van der Waals surface area contributed by atoms with Gasteiger partial charge in [0.25, 0.3) is 0 Å². The highest BCUT2D eigenvalue weighted by molar-refractivity contribution is 7.09. The Morgan fingerprint density at radius 3 is 2.76 bits per heavy atom. The Morgan fingerprint density at radius 1 is 1.53 bits per heavy atom. The number of carbonyl (C=O) groups is 1. The van der Waals surface area contributed by atoms with Crippen LogP contribution in [0.1, 0.15) is 32.1 Å². The molecule has 0 radical (unpaired) electrons. The van der Waals surface area contributed by atoms with E-state index in [1.54, 1.807) is 11.3 Å². The Kier molecular flexibility index (Phi) is 5.15. The van der Waals surface area contributed by atoms with E-state index in [4.69, 9.17) is 5.73 Å². The highest BCUT2D eigenvalue weighted by Gasteiger charge is 2.22. The molecule has 1 atom stereocenters. The third kappa shape index (κ3) is 5.33. The van der Waals surface area contributed by atoms with Crippen molar-refractivity contribution in [1.29, 1.82) is 0 Å². The Balaban J connectivity index is 2.22. The maximum Gasteiger partial charge on any atom is 0.221 e. The van der Waals surface area contributed by atoms with Gasteiger partial charge in [-0.2, -0.15) is 0 Å². The van der Waals surface area contributed by atoms with E-state index >= 15 is 0 Å². The minimum atomic E-state index is -0.0933. The number of hydrogen-bond donors (Lipinski definition) is 2. The molecular weight excluding hydrogens is 232 g/mol. The van der Waals surface area contributed by atoms with Crippen LogP contribution in [0.3, 0.4) is 0 Å². The lowest BCUT2D eigenvalue weighted by Gasteiger charge is -2.26. The third-order valence-corrected chi connectivity index (χ3v) is 3.73. The fraction of sp³-hybridized carbons (Fsp3) is 0.615. The van der Waals surface area contributed by atoms with Gasteiger partial charge >= 0.3 is 0 Å². The molecule has 1 amide bonds. The van der Waals surface area contributed by atoms with Crippen LogP contribution in [0, 0.1) is 5.41 Å². The van der Waals surface area contributed by atoms with Crippen molar-refractivity contribution >= 4 is 17.2 Å². The van der Waals surface area contributed by atoms with Crippen molar-refractivity contribution in [3.63, 3.8) is 0 Å². The predicted molar refractivity (Wildman–Crippen MR) is 73.1 cm³/mol. The van der Waals surface area contributed by atoms with Crippen LogP contribution < -0.4 is 11.1 Å². The van der Waals surface area contributed by atoms with E-state index in [0.717, 1.165) is 6.42 Å². The zero-order valence-electron chi connectivity index (χ0n) is 10.8. The van der Waals surface area contributed by atoms with Crippen LogP contribution in [0.15, 0.2) is 17.5 Å². The van der Waals surface area contributed by atoms with Crippen LogP contribution in [0.25, 0.3) is 0 Å². The highest BCUT2D eigenvalue weighted by Crippen LogP contribution is 2.19. The molecule has 0 aromatic carbocycles. The van der Waals surface area contributed by atoms with Gasteiger partial charge in [0.15, 0.2) is 0 Å². The van der Waals surface area contributed by atoms with Crippen molar-refractivity contribution in [2.24, 2.45) is 11.1 Å². The van der Waals surface area contributed by atoms with E-state index in [2.05, 4.69) is 32.2 Å². The molecular formula is C13H22N2OS. The van der Waals surface area contributed by atoms with Crippen molar-refractivity contribution in [3.8, 4) is 0 Å². The van der Waals surface area contributed by atoms with E-state index in [0.29, 0.717) is 13.0 Å². The highest BCUT2D eigenvalue weighted by atomic mass is 32.1. The summed E-state index contributed by atoms with van der Waals surface area (Å²) in [6.07, 6.45) is 1.29. The van der Waals surface area contributed by atoms with Gasteiger partial charge in [0, 0.05) is 23.9 Å². The number of nitrogens with one attached hydrogen (secondary N) is 1. The molecule has 96 valence electrons. The van der Waals surface area contributed by atoms with Gasteiger partial charge in [0.2, 0.25) is 5.91 Å². The molecule has 0 bridgehead atoms. The van der Waals surface area contributed by atoms with E-state index in [9.17, 15) is 4.79 Å². The van der Waals surface area contributed by atoms with Gasteiger partial charge in [-0.15, -0.1) is 11.3 Å². The molecule has 0 aliphatic carbocycles. The number of amides is 1. The SMILES string of the molecule is CC(C)(C)C(N)CC(=O)NCCc1cccs1. The number of hydrogen-bond acceptors (Lipinski definition) is 3. The second-order valence-corrected chi connectivity index (χ2v) is 6.39. The summed E-state index contributed by atoms with van der Waals surface area (Å²) >= 11 is 1.72. The van der Waals surface area contributed by atoms with Crippen LogP contribution in [-0.2, 0) is 11.2 Å². The topological polar surface area (TPSA) is 55.1 Å². The maximum absolute atomic E-state index is 11.6. The second kappa shape index (κ2) is 6.17. The summed E-state index contributed by atoms with van der Waals surface area (Å²) in [6.45, 7) is 6.85. The van der Waals surface area contributed by atoms with E-state index in [-0.39, 0.29) is 17.4 Å². The Labute approximate surface area is 107 Å². The van der Waals surface area contributed by atoms with Gasteiger partial charge in [-0.25, -0.2) is 0 Å². The van der Waals surface area contributed by atoms with Crippen molar-refractivity contribution in [3.05, 3.63) is 22.4 Å². The van der Waals surface area contributed by atoms with Crippen LogP contribution in [0.4, 0.5) is 0 Å². The molecule has 0 saturated carbocycles. The second-order valence-electron chi connectivity index (χ2n) is 5.36. The third-order valence-electron chi connectivity index (χ3n) is 2.79. The first-order valence-electron chi connectivity index (χ1n) is 5.94. The summed E-state index contributed by atoms with van der Waals surface area (Å²) in [5.41, 5.74) is 5.94. The fourth-order valence-corrected chi connectivity index (χ4v) is 2.07. The fourth-order valence-electron chi connectivity index (χ4n) is 1.36. The molecule has 4 heteroatoms. The molecule has 0 saturated heterocycles. The quantitative estimate of drug-likeness (QED) is 0.846. The zero-order valence-corrected chi connectivity index (χ0v) is 11.6. The first-order valence-corrected chi connectivity index (χ1v) is 6.82. The summed E-state index contributed by atoms with van der Waals surface area (Å²) in [7, 11) is 0. The maximum atomic E-state index is 11.6. The standard InChI is InChI=1S/C13H22N2OS/c1-13(2,3)11(14)9-12(16)15-7-6-10-5-4-8-17-10/h4-5,8,11H,6-7,9,14H2,1-3H3,(H,15,16). The molecule has 0 aliphatic rings. The van der Waals surface area contributed by atoms with Gasteiger partial charge in [-0.3, -0.25) is 4.79 Å². The van der Waals surface area contributed by atoms with E-state index < -0.39 is 0 Å². The lowest BCUT2D eigenvalue weighted by atomic mass is 9.85. The first-order chi connectivity index (χ1) is 7.89. The van der Waals surface area contributed by atoms with E-state index in [1.165, 1.54) is 4.88 Å². The summed E-state index contributed by atoms with van der Waals surface area (Å²) in [5, 5.41) is 4.96. The van der Waals surface area contributed by atoms with Crippen LogP contribution in [0.5, 0.6) is 0 Å². The summed E-state index contributed by atoms with van der Waals surface area (Å²) in [5.74, 6) is 0.0454. The molecule has 1 aromatic rings. The average Bonchev–Trinajstić information content (AvgIpc) is 2.69. The minimum Gasteiger partial charge on any atom is -0.356 e. The zero-order chi connectivity index (χ0) is 12.9. The Morgan fingerprint density at radius 2 is 2.24 bits per heavy atom. The van der Waals surface area contributed by atoms with Crippen molar-refractivity contribution in [2.45, 2.75) is 39.7 Å². The Bertz CT molecular complexity index is 341. The van der Waals surface area contributed by atoms with Crippen LogP contribution in [-0.4, -0.2) is 18.5 Å². The van der Waals surface area contributed by atoms with Gasteiger partial charge < -0.3 is 11.1 Å². The monoisotopic (exact) mass is 254 g/mol. The molecule has 1 aromatic heterocycles. The summed E-state index contributed by atoms with van der Waals surface area (Å²) in [6, 6.07) is 4.01. The summed E-state index contributed by atoms with van der Waals surface area (Å²) in [4.78, 5) is 12.9. The van der Waals surface area contributed by atoms with Crippen molar-refractivity contribution in [1.82, 2.24) is 5.32 Å². The lowest BCUT2D eigenvalue weighted by molar-refractivity contribution is -0.121. The Hall–Kier alpha value is -0.870. The molecule has 0 aliphatic heterocycles. The molecule has 1 heterocycles. The molecule has 3 nitrogen and oxygen atoms in total. The number of rotatable bonds is 5. The molecule has 0 fully saturated rings. The average molecular weight is 254 g/mol. The summed E-state index contributed by atoms with van der Waals surface area (Å²) < 4.78 is 0. The van der Waals surface area contributed by atoms with Gasteiger partial charge in [0.1, 0.15) is 0 Å². The van der Waals surface area contributed by atoms with Crippen LogP contribution >= 0.6 is 11.3 Å². The molecule has 1 unspecified atom stereocenters. The van der Waals surface area contributed by atoms with Gasteiger partial charge in [0.05, 0.1) is 0 Å². The molecule has 17 heavy (non-hydrogen) atoms. The van der Waals surface area contributed by atoms with Crippen molar-refractivity contribution < 1.29 is 4.79 Å². The number of nitrogens with two attached hydrogens (primary N) is 1. The lowest BCUT2D eigenvalue weighted by Crippen LogP contribution is -2.40. The largest absolute Gasteiger partial charge is 0.356 e. The normalized spacial score (nSPS) is 13.4. The van der Waals surface area contributed by atoms with Crippen molar-refractivity contribution in [2.75, 3.05) is 6.54 Å². The number of thiophene rings is 1. The molecule has 0 spiro atoms. The molecule has 3 N–H and O–H groups in total. The molecule has 1 rings (SSSR count). The van der Waals surface area contributed by atoms with E-state index in [1.807, 2.05) is 11.4 Å². The smallest absolute Gasteiger partial charge is 0.221 e. The minimum absolute atomic E-state index is 0.0227. The van der Waals surface area contributed by atoms with Gasteiger partial charge in [-0.1, -0.05) is 26.8 Å². The first kappa shape index (κ1) is 14.2. The predicted octanol–water partition coefficient (Wildman–Crippen LogP) is 2.17. The van der Waals surface area contributed by atoms with Crippen LogP contribution in [0.2, 0.25) is 0 Å². The number of carbonyl (C=O) groups excluding carboxylic acids is 1.